The molecule has 3 aromatic rings. The van der Waals surface area contributed by atoms with Gasteiger partial charge in [-0.05, 0) is 12.1 Å². The number of aryl methyl sites for hydroxylation is 2. The number of nitrogens with two attached hydrogens (primary N) is 1. The van der Waals surface area contributed by atoms with Gasteiger partial charge in [0.1, 0.15) is 5.75 Å². The van der Waals surface area contributed by atoms with Gasteiger partial charge in [-0.1, -0.05) is 5.16 Å². The van der Waals surface area contributed by atoms with Gasteiger partial charge in [0.25, 0.3) is 0 Å². The van der Waals surface area contributed by atoms with Gasteiger partial charge in [0.15, 0.2) is 5.82 Å². The van der Waals surface area contributed by atoms with E-state index in [0.717, 1.165) is 16.8 Å². The number of hydrogen-bond donors (Lipinski definition) is 1. The Bertz CT molecular complexity index is 690. The molecule has 2 heterocycles. The number of benzene rings is 1. The third kappa shape index (κ3) is 2.10. The van der Waals surface area contributed by atoms with E-state index in [1.165, 1.54) is 6.39 Å². The average Bonchev–Trinajstić information content (AvgIpc) is 3.03. The summed E-state index contributed by atoms with van der Waals surface area (Å²) in [5.74, 6) is 1.88. The summed E-state index contributed by atoms with van der Waals surface area (Å²) in [5.41, 5.74) is 7.70. The van der Waals surface area contributed by atoms with Crippen molar-refractivity contribution in [1.29, 1.82) is 0 Å². The first-order valence-corrected chi connectivity index (χ1v) is 5.83. The fourth-order valence-electron chi connectivity index (χ4n) is 2.00. The SMILES string of the molecule is COc1ccc2nc(N)n(CCc3ncon3)c2c1. The summed E-state index contributed by atoms with van der Waals surface area (Å²) >= 11 is 0. The molecule has 0 fully saturated rings. The lowest BCUT2D eigenvalue weighted by Crippen LogP contribution is -2.06. The summed E-state index contributed by atoms with van der Waals surface area (Å²) in [6.07, 6.45) is 1.94. The maximum Gasteiger partial charge on any atom is 0.213 e. The quantitative estimate of drug-likeness (QED) is 0.758. The molecule has 0 radical (unpaired) electrons. The lowest BCUT2D eigenvalue weighted by Gasteiger charge is -2.05. The highest BCUT2D eigenvalue weighted by atomic mass is 16.5. The van der Waals surface area contributed by atoms with Crippen molar-refractivity contribution in [3.63, 3.8) is 0 Å². The third-order valence-electron chi connectivity index (χ3n) is 2.95. The number of imidazole rings is 1. The Balaban J connectivity index is 1.94. The van der Waals surface area contributed by atoms with Crippen LogP contribution >= 0.6 is 0 Å². The van der Waals surface area contributed by atoms with Crippen LogP contribution in [-0.2, 0) is 13.0 Å². The summed E-state index contributed by atoms with van der Waals surface area (Å²) in [5, 5.41) is 3.77. The van der Waals surface area contributed by atoms with Crippen LogP contribution in [0.25, 0.3) is 11.0 Å². The first-order valence-electron chi connectivity index (χ1n) is 5.83. The van der Waals surface area contributed by atoms with E-state index in [9.17, 15) is 0 Å². The van der Waals surface area contributed by atoms with Crippen molar-refractivity contribution in [3.8, 4) is 5.75 Å². The molecule has 0 atom stereocenters. The molecular formula is C12H13N5O2. The van der Waals surface area contributed by atoms with Gasteiger partial charge < -0.3 is 19.6 Å². The standard InChI is InChI=1S/C12H13N5O2/c1-18-8-2-3-9-10(6-8)17(12(13)15-9)5-4-11-14-7-19-16-11/h2-3,6-7H,4-5H2,1H3,(H2,13,15). The molecule has 0 aliphatic heterocycles. The first kappa shape index (κ1) is 11.5. The molecule has 0 saturated carbocycles. The second-order valence-corrected chi connectivity index (χ2v) is 4.07. The molecule has 7 nitrogen and oxygen atoms in total. The van der Waals surface area contributed by atoms with Gasteiger partial charge in [-0.2, -0.15) is 4.98 Å². The molecule has 0 aliphatic rings. The molecule has 0 amide bonds. The minimum Gasteiger partial charge on any atom is -0.497 e. The third-order valence-corrected chi connectivity index (χ3v) is 2.95. The Labute approximate surface area is 109 Å². The number of nitrogens with zero attached hydrogens (tertiary/aromatic N) is 4. The highest BCUT2D eigenvalue weighted by molar-refractivity contribution is 5.79. The fourth-order valence-corrected chi connectivity index (χ4v) is 2.00. The van der Waals surface area contributed by atoms with E-state index in [-0.39, 0.29) is 0 Å². The topological polar surface area (TPSA) is 92.0 Å². The van der Waals surface area contributed by atoms with Gasteiger partial charge in [0, 0.05) is 19.0 Å². The number of anilines is 1. The van der Waals surface area contributed by atoms with Crippen molar-refractivity contribution in [2.24, 2.45) is 0 Å². The predicted octanol–water partition coefficient (Wildman–Crippen LogP) is 1.25. The van der Waals surface area contributed by atoms with Gasteiger partial charge in [-0.15, -0.1) is 0 Å². The number of fused-ring (bicyclic) bond motifs is 1. The zero-order valence-electron chi connectivity index (χ0n) is 10.4. The van der Waals surface area contributed by atoms with Crippen LogP contribution in [0.1, 0.15) is 5.82 Å². The van der Waals surface area contributed by atoms with E-state index in [0.29, 0.717) is 24.7 Å². The summed E-state index contributed by atoms with van der Waals surface area (Å²) in [6, 6.07) is 5.66. The van der Waals surface area contributed by atoms with Crippen LogP contribution in [0.15, 0.2) is 29.1 Å². The van der Waals surface area contributed by atoms with Crippen LogP contribution in [0.3, 0.4) is 0 Å². The predicted molar refractivity (Wildman–Crippen MR) is 68.7 cm³/mol. The van der Waals surface area contributed by atoms with Crippen molar-refractivity contribution in [2.75, 3.05) is 12.8 Å². The summed E-state index contributed by atoms with van der Waals surface area (Å²) < 4.78 is 11.8. The second kappa shape index (κ2) is 4.60. The molecule has 0 aliphatic carbocycles. The van der Waals surface area contributed by atoms with Crippen molar-refractivity contribution < 1.29 is 9.26 Å². The normalized spacial score (nSPS) is 11.0. The molecule has 0 spiro atoms. The molecule has 0 saturated heterocycles. The van der Waals surface area contributed by atoms with E-state index < -0.39 is 0 Å². The highest BCUT2D eigenvalue weighted by Gasteiger charge is 2.10. The maximum absolute atomic E-state index is 5.93. The van der Waals surface area contributed by atoms with E-state index in [4.69, 9.17) is 15.0 Å². The summed E-state index contributed by atoms with van der Waals surface area (Å²) in [4.78, 5) is 8.29. The molecule has 0 unspecified atom stereocenters. The molecule has 1 aromatic carbocycles. The number of hydrogen-bond acceptors (Lipinski definition) is 6. The van der Waals surface area contributed by atoms with E-state index in [1.54, 1.807) is 7.11 Å². The average molecular weight is 259 g/mol. The molecular weight excluding hydrogens is 246 g/mol. The zero-order valence-corrected chi connectivity index (χ0v) is 10.4. The molecule has 7 heteroatoms. The molecule has 98 valence electrons. The van der Waals surface area contributed by atoms with Gasteiger partial charge in [0.2, 0.25) is 12.3 Å². The van der Waals surface area contributed by atoms with Gasteiger partial charge >= 0.3 is 0 Å². The Morgan fingerprint density at radius 2 is 2.32 bits per heavy atom. The lowest BCUT2D eigenvalue weighted by molar-refractivity contribution is 0.408. The van der Waals surface area contributed by atoms with E-state index in [2.05, 4.69) is 15.1 Å². The molecule has 19 heavy (non-hydrogen) atoms. The van der Waals surface area contributed by atoms with Crippen LogP contribution in [0.5, 0.6) is 5.75 Å². The van der Waals surface area contributed by atoms with Crippen molar-refractivity contribution in [3.05, 3.63) is 30.4 Å². The van der Waals surface area contributed by atoms with Crippen molar-refractivity contribution >= 4 is 17.0 Å². The Morgan fingerprint density at radius 3 is 3.05 bits per heavy atom. The minimum absolute atomic E-state index is 0.465. The maximum atomic E-state index is 5.93. The van der Waals surface area contributed by atoms with E-state index in [1.807, 2.05) is 22.8 Å². The van der Waals surface area contributed by atoms with Crippen LogP contribution in [0.4, 0.5) is 5.95 Å². The lowest BCUT2D eigenvalue weighted by atomic mass is 10.3. The van der Waals surface area contributed by atoms with Crippen molar-refractivity contribution in [1.82, 2.24) is 19.7 Å². The Hall–Kier alpha value is -2.57. The number of methoxy groups -OCH3 is 1. The van der Waals surface area contributed by atoms with Crippen molar-refractivity contribution in [2.45, 2.75) is 13.0 Å². The molecule has 3 rings (SSSR count). The molecule has 2 N–H and O–H groups in total. The number of rotatable bonds is 4. The van der Waals surface area contributed by atoms with Crippen LogP contribution in [0.2, 0.25) is 0 Å². The monoisotopic (exact) mass is 259 g/mol. The number of aromatic nitrogens is 4. The smallest absolute Gasteiger partial charge is 0.213 e. The zero-order chi connectivity index (χ0) is 13.2. The number of nitrogen functional groups attached to an aromatic ring is 1. The second-order valence-electron chi connectivity index (χ2n) is 4.07. The fraction of sp³-hybridized carbons (Fsp3) is 0.250. The largest absolute Gasteiger partial charge is 0.497 e. The first-order chi connectivity index (χ1) is 9.28. The van der Waals surface area contributed by atoms with Gasteiger partial charge in [0.05, 0.1) is 18.1 Å². The highest BCUT2D eigenvalue weighted by Crippen LogP contribution is 2.23. The van der Waals surface area contributed by atoms with Gasteiger partial charge in [-0.3, -0.25) is 0 Å². The van der Waals surface area contributed by atoms with E-state index >= 15 is 0 Å². The van der Waals surface area contributed by atoms with Crippen LogP contribution in [0, 0.1) is 0 Å². The Kier molecular flexibility index (Phi) is 2.79. The minimum atomic E-state index is 0.465. The van der Waals surface area contributed by atoms with Crippen LogP contribution < -0.4 is 10.5 Å². The van der Waals surface area contributed by atoms with Crippen LogP contribution in [-0.4, -0.2) is 26.8 Å². The van der Waals surface area contributed by atoms with Gasteiger partial charge in [-0.25, -0.2) is 4.98 Å². The number of ether oxygens (including phenoxy) is 1. The Morgan fingerprint density at radius 1 is 1.42 bits per heavy atom. The molecule has 2 aromatic heterocycles. The molecule has 0 bridgehead atoms. The summed E-state index contributed by atoms with van der Waals surface area (Å²) in [7, 11) is 1.63. The summed E-state index contributed by atoms with van der Waals surface area (Å²) in [6.45, 7) is 0.634.